The van der Waals surface area contributed by atoms with E-state index in [1.54, 1.807) is 0 Å². The number of anilines is 1. The standard InChI is InChI=1S/C11H7FN4/c12-9-4-7(6-13)3-8(5-9)10-11(14)16-2-1-15-10/h1-5H,(H2,14,16). The zero-order valence-electron chi connectivity index (χ0n) is 8.18. The molecule has 5 heteroatoms. The first kappa shape index (κ1) is 10.1. The molecule has 4 nitrogen and oxygen atoms in total. The van der Waals surface area contributed by atoms with E-state index >= 15 is 0 Å². The third-order valence-corrected chi connectivity index (χ3v) is 2.03. The van der Waals surface area contributed by atoms with Crippen molar-refractivity contribution >= 4 is 5.82 Å². The van der Waals surface area contributed by atoms with Crippen LogP contribution >= 0.6 is 0 Å². The molecule has 78 valence electrons. The van der Waals surface area contributed by atoms with Crippen molar-refractivity contribution in [3.05, 3.63) is 42.0 Å². The van der Waals surface area contributed by atoms with Gasteiger partial charge in [0.1, 0.15) is 17.3 Å². The maximum atomic E-state index is 13.2. The predicted octanol–water partition coefficient (Wildman–Crippen LogP) is 1.74. The van der Waals surface area contributed by atoms with Crippen LogP contribution in [0.25, 0.3) is 11.3 Å². The molecule has 0 saturated heterocycles. The van der Waals surface area contributed by atoms with Gasteiger partial charge in [-0.25, -0.2) is 9.37 Å². The van der Waals surface area contributed by atoms with Crippen molar-refractivity contribution in [2.24, 2.45) is 0 Å². The first-order chi connectivity index (χ1) is 7.70. The molecule has 2 rings (SSSR count). The van der Waals surface area contributed by atoms with Gasteiger partial charge in [-0.3, -0.25) is 4.98 Å². The number of hydrogen-bond donors (Lipinski definition) is 1. The lowest BCUT2D eigenvalue weighted by molar-refractivity contribution is 0.628. The van der Waals surface area contributed by atoms with Crippen LogP contribution in [0.2, 0.25) is 0 Å². The Morgan fingerprint density at radius 1 is 1.19 bits per heavy atom. The first-order valence-electron chi connectivity index (χ1n) is 4.48. The number of benzene rings is 1. The predicted molar refractivity (Wildman–Crippen MR) is 56.6 cm³/mol. The zero-order chi connectivity index (χ0) is 11.5. The Bertz CT molecular complexity index is 574. The summed E-state index contributed by atoms with van der Waals surface area (Å²) in [6.07, 6.45) is 2.91. The van der Waals surface area contributed by atoms with E-state index < -0.39 is 5.82 Å². The molecule has 0 spiro atoms. The molecule has 16 heavy (non-hydrogen) atoms. The van der Waals surface area contributed by atoms with Crippen molar-refractivity contribution in [2.75, 3.05) is 5.73 Å². The summed E-state index contributed by atoms with van der Waals surface area (Å²) in [5.74, 6) is -0.295. The van der Waals surface area contributed by atoms with Crippen LogP contribution < -0.4 is 5.73 Å². The van der Waals surface area contributed by atoms with Crippen molar-refractivity contribution in [1.29, 1.82) is 5.26 Å². The summed E-state index contributed by atoms with van der Waals surface area (Å²) < 4.78 is 13.2. The smallest absolute Gasteiger partial charge is 0.149 e. The second-order valence-corrected chi connectivity index (χ2v) is 3.13. The second kappa shape index (κ2) is 3.95. The van der Waals surface area contributed by atoms with Crippen molar-refractivity contribution in [3.63, 3.8) is 0 Å². The molecule has 0 aliphatic heterocycles. The molecule has 2 aromatic rings. The quantitative estimate of drug-likeness (QED) is 0.784. The van der Waals surface area contributed by atoms with Gasteiger partial charge in [-0.1, -0.05) is 0 Å². The van der Waals surface area contributed by atoms with E-state index in [1.807, 2.05) is 6.07 Å². The second-order valence-electron chi connectivity index (χ2n) is 3.13. The average molecular weight is 214 g/mol. The number of nitrogen functional groups attached to an aromatic ring is 1. The fourth-order valence-corrected chi connectivity index (χ4v) is 1.36. The van der Waals surface area contributed by atoms with Gasteiger partial charge >= 0.3 is 0 Å². The van der Waals surface area contributed by atoms with Gasteiger partial charge in [0.15, 0.2) is 0 Å². The van der Waals surface area contributed by atoms with E-state index in [9.17, 15) is 4.39 Å². The van der Waals surface area contributed by atoms with Crippen LogP contribution in [0.15, 0.2) is 30.6 Å². The average Bonchev–Trinajstić information content (AvgIpc) is 2.28. The SMILES string of the molecule is N#Cc1cc(F)cc(-c2nccnc2N)c1. The molecule has 1 aromatic carbocycles. The Hall–Kier alpha value is -2.48. The van der Waals surface area contributed by atoms with Crippen LogP contribution in [-0.2, 0) is 0 Å². The zero-order valence-corrected chi connectivity index (χ0v) is 8.18. The van der Waals surface area contributed by atoms with Crippen molar-refractivity contribution < 1.29 is 4.39 Å². The molecule has 0 unspecified atom stereocenters. The van der Waals surface area contributed by atoms with Crippen molar-refractivity contribution in [2.45, 2.75) is 0 Å². The maximum absolute atomic E-state index is 13.2. The van der Waals surface area contributed by atoms with Gasteiger partial charge in [0, 0.05) is 18.0 Å². The summed E-state index contributed by atoms with van der Waals surface area (Å²) >= 11 is 0. The highest BCUT2D eigenvalue weighted by Gasteiger charge is 2.07. The Morgan fingerprint density at radius 2 is 1.94 bits per heavy atom. The third kappa shape index (κ3) is 1.81. The highest BCUT2D eigenvalue weighted by atomic mass is 19.1. The molecule has 0 radical (unpaired) electrons. The normalized spacial score (nSPS) is 9.75. The van der Waals surface area contributed by atoms with Gasteiger partial charge in [0.2, 0.25) is 0 Å². The molecule has 1 aromatic heterocycles. The summed E-state index contributed by atoms with van der Waals surface area (Å²) in [5, 5.41) is 8.72. The minimum absolute atomic E-state index is 0.206. The molecule has 0 aliphatic rings. The van der Waals surface area contributed by atoms with Crippen LogP contribution in [0.4, 0.5) is 10.2 Å². The fourth-order valence-electron chi connectivity index (χ4n) is 1.36. The van der Waals surface area contributed by atoms with Crippen LogP contribution in [0.1, 0.15) is 5.56 Å². The number of halogens is 1. The molecular formula is C11H7FN4. The number of rotatable bonds is 1. The molecule has 0 aliphatic carbocycles. The molecule has 0 atom stereocenters. The number of hydrogen-bond acceptors (Lipinski definition) is 4. The number of nitrogens with zero attached hydrogens (tertiary/aromatic N) is 3. The highest BCUT2D eigenvalue weighted by molar-refractivity contribution is 5.70. The maximum Gasteiger partial charge on any atom is 0.149 e. The van der Waals surface area contributed by atoms with E-state index in [2.05, 4.69) is 9.97 Å². The lowest BCUT2D eigenvalue weighted by atomic mass is 10.1. The summed E-state index contributed by atoms with van der Waals surface area (Å²) in [7, 11) is 0. The number of aromatic nitrogens is 2. The minimum Gasteiger partial charge on any atom is -0.382 e. The number of nitrogens with two attached hydrogens (primary N) is 1. The first-order valence-corrected chi connectivity index (χ1v) is 4.48. The lowest BCUT2D eigenvalue weighted by Crippen LogP contribution is -1.96. The van der Waals surface area contributed by atoms with Gasteiger partial charge in [-0.05, 0) is 18.2 Å². The van der Waals surface area contributed by atoms with E-state index in [0.717, 1.165) is 6.07 Å². The molecule has 0 saturated carbocycles. The molecule has 0 amide bonds. The van der Waals surface area contributed by atoms with Crippen molar-refractivity contribution in [3.8, 4) is 17.3 Å². The van der Waals surface area contributed by atoms with Gasteiger partial charge in [-0.15, -0.1) is 0 Å². The Balaban J connectivity index is 2.61. The Morgan fingerprint density at radius 3 is 2.62 bits per heavy atom. The van der Waals surface area contributed by atoms with Gasteiger partial charge in [0.05, 0.1) is 11.6 Å². The molecule has 1 heterocycles. The van der Waals surface area contributed by atoms with E-state index in [0.29, 0.717) is 11.3 Å². The lowest BCUT2D eigenvalue weighted by Gasteiger charge is -2.03. The van der Waals surface area contributed by atoms with Crippen LogP contribution in [0.5, 0.6) is 0 Å². The highest BCUT2D eigenvalue weighted by Crippen LogP contribution is 2.23. The van der Waals surface area contributed by atoms with E-state index in [-0.39, 0.29) is 11.4 Å². The minimum atomic E-state index is -0.501. The van der Waals surface area contributed by atoms with Crippen LogP contribution in [0, 0.1) is 17.1 Å². The summed E-state index contributed by atoms with van der Waals surface area (Å²) in [6.45, 7) is 0. The van der Waals surface area contributed by atoms with Gasteiger partial charge in [-0.2, -0.15) is 5.26 Å². The van der Waals surface area contributed by atoms with E-state index in [1.165, 1.54) is 24.5 Å². The van der Waals surface area contributed by atoms with Crippen LogP contribution in [0.3, 0.4) is 0 Å². The van der Waals surface area contributed by atoms with Crippen LogP contribution in [-0.4, -0.2) is 9.97 Å². The number of nitriles is 1. The fraction of sp³-hybridized carbons (Fsp3) is 0. The van der Waals surface area contributed by atoms with Crippen molar-refractivity contribution in [1.82, 2.24) is 9.97 Å². The summed E-state index contributed by atoms with van der Waals surface area (Å²) in [5.41, 5.74) is 6.66. The monoisotopic (exact) mass is 214 g/mol. The molecule has 0 bridgehead atoms. The molecule has 2 N–H and O–H groups in total. The molecular weight excluding hydrogens is 207 g/mol. The Kier molecular flexibility index (Phi) is 2.48. The summed E-state index contributed by atoms with van der Waals surface area (Å²) in [6, 6.07) is 5.80. The largest absolute Gasteiger partial charge is 0.382 e. The Labute approximate surface area is 91.2 Å². The third-order valence-electron chi connectivity index (χ3n) is 2.03. The van der Waals surface area contributed by atoms with Gasteiger partial charge < -0.3 is 5.73 Å². The molecule has 0 fully saturated rings. The topological polar surface area (TPSA) is 75.6 Å². The van der Waals surface area contributed by atoms with E-state index in [4.69, 9.17) is 11.0 Å². The van der Waals surface area contributed by atoms with Gasteiger partial charge in [0.25, 0.3) is 0 Å². The summed E-state index contributed by atoms with van der Waals surface area (Å²) in [4.78, 5) is 7.85.